The fourth-order valence-corrected chi connectivity index (χ4v) is 3.59. The van der Waals surface area contributed by atoms with Gasteiger partial charge in [0.1, 0.15) is 17.5 Å². The van der Waals surface area contributed by atoms with Crippen molar-refractivity contribution >= 4 is 23.2 Å². The van der Waals surface area contributed by atoms with Crippen molar-refractivity contribution < 1.29 is 31.5 Å². The second-order valence-electron chi connectivity index (χ2n) is 7.48. The van der Waals surface area contributed by atoms with Gasteiger partial charge in [0.05, 0.1) is 11.1 Å². The summed E-state index contributed by atoms with van der Waals surface area (Å²) in [5, 5.41) is 2.34. The highest BCUT2D eigenvalue weighted by Crippen LogP contribution is 2.47. The number of anilines is 1. The fraction of sp³-hybridized carbons (Fsp3) is 0.429. The van der Waals surface area contributed by atoms with Crippen LogP contribution in [0.5, 0.6) is 5.75 Å². The lowest BCUT2D eigenvalue weighted by atomic mass is 10.1. The van der Waals surface area contributed by atoms with E-state index in [9.17, 15) is 26.7 Å². The predicted molar refractivity (Wildman–Crippen MR) is 109 cm³/mol. The molecule has 32 heavy (non-hydrogen) atoms. The lowest BCUT2D eigenvalue weighted by molar-refractivity contribution is -0.289. The van der Waals surface area contributed by atoms with Crippen LogP contribution < -0.4 is 10.1 Å². The molecule has 1 fully saturated rings. The van der Waals surface area contributed by atoms with Crippen LogP contribution in [-0.4, -0.2) is 47.7 Å². The van der Waals surface area contributed by atoms with Crippen LogP contribution in [0.25, 0.3) is 0 Å². The number of amides is 1. The lowest BCUT2D eigenvalue weighted by Crippen LogP contribution is -2.36. The van der Waals surface area contributed by atoms with Crippen LogP contribution in [0.15, 0.2) is 36.5 Å². The van der Waals surface area contributed by atoms with Crippen LogP contribution in [0, 0.1) is 0 Å². The normalized spacial score (nSPS) is 16.1. The van der Waals surface area contributed by atoms with E-state index in [1.165, 1.54) is 18.3 Å². The number of alkyl halides is 5. The maximum Gasteiger partial charge on any atom is 0.458 e. The number of carbonyl (C=O) groups is 1. The van der Waals surface area contributed by atoms with E-state index in [0.717, 1.165) is 38.1 Å². The number of nitrogens with zero attached hydrogens (tertiary/aromatic N) is 2. The summed E-state index contributed by atoms with van der Waals surface area (Å²) in [4.78, 5) is 18.3. The van der Waals surface area contributed by atoms with Crippen LogP contribution in [0.3, 0.4) is 0 Å². The average molecular weight is 478 g/mol. The fourth-order valence-electron chi connectivity index (χ4n) is 3.38. The molecule has 1 aliphatic heterocycles. The maximum atomic E-state index is 14.1. The van der Waals surface area contributed by atoms with Crippen LogP contribution in [0.1, 0.15) is 35.7 Å². The quantitative estimate of drug-likeness (QED) is 0.422. The first-order valence-electron chi connectivity index (χ1n) is 9.88. The summed E-state index contributed by atoms with van der Waals surface area (Å²) in [6.45, 7) is 3.33. The Hall–Kier alpha value is -2.46. The summed E-state index contributed by atoms with van der Waals surface area (Å²) in [5.74, 6) is -6.49. The van der Waals surface area contributed by atoms with Crippen molar-refractivity contribution in [3.63, 3.8) is 0 Å². The van der Waals surface area contributed by atoms with E-state index < -0.39 is 29.3 Å². The first-order valence-corrected chi connectivity index (χ1v) is 10.3. The van der Waals surface area contributed by atoms with Gasteiger partial charge in [-0.15, -0.1) is 0 Å². The van der Waals surface area contributed by atoms with Gasteiger partial charge in [-0.2, -0.15) is 22.0 Å². The molecule has 3 rings (SSSR count). The van der Waals surface area contributed by atoms with Crippen LogP contribution in [-0.2, 0) is 5.92 Å². The van der Waals surface area contributed by atoms with Gasteiger partial charge in [-0.05, 0) is 57.1 Å². The number of pyridine rings is 1. The van der Waals surface area contributed by atoms with Crippen LogP contribution >= 0.6 is 11.6 Å². The van der Waals surface area contributed by atoms with E-state index in [2.05, 4.69) is 15.2 Å². The van der Waals surface area contributed by atoms with Gasteiger partial charge in [0, 0.05) is 24.0 Å². The number of hydrogen-bond donors (Lipinski definition) is 1. The molecule has 1 aliphatic rings. The number of halogens is 6. The van der Waals surface area contributed by atoms with E-state index in [4.69, 9.17) is 16.3 Å². The molecule has 1 saturated heterocycles. The SMILES string of the molecule is C[C@H](COc1cc(NC(=O)c2cccnc2Cl)ccc1C(F)(F)C(F)(F)F)N1CCCC1. The molecule has 0 saturated carbocycles. The molecule has 2 aromatic rings. The molecular weight excluding hydrogens is 457 g/mol. The van der Waals surface area contributed by atoms with Crippen molar-refractivity contribution in [3.05, 3.63) is 52.8 Å². The smallest absolute Gasteiger partial charge is 0.458 e. The Kier molecular flexibility index (Phi) is 7.24. The zero-order valence-electron chi connectivity index (χ0n) is 17.1. The number of hydrogen-bond acceptors (Lipinski definition) is 4. The summed E-state index contributed by atoms with van der Waals surface area (Å²) >= 11 is 5.87. The lowest BCUT2D eigenvalue weighted by Gasteiger charge is -2.26. The molecule has 5 nitrogen and oxygen atoms in total. The minimum absolute atomic E-state index is 0.0176. The van der Waals surface area contributed by atoms with E-state index in [1.807, 2.05) is 6.92 Å². The van der Waals surface area contributed by atoms with Crippen molar-refractivity contribution in [2.45, 2.75) is 37.9 Å². The summed E-state index contributed by atoms with van der Waals surface area (Å²) in [5.41, 5.74) is -1.33. The Bertz CT molecular complexity index is 965. The third kappa shape index (κ3) is 5.29. The van der Waals surface area contributed by atoms with E-state index in [0.29, 0.717) is 6.07 Å². The molecule has 0 radical (unpaired) electrons. The summed E-state index contributed by atoms with van der Waals surface area (Å²) < 4.78 is 72.7. The molecule has 11 heteroatoms. The third-order valence-corrected chi connectivity index (χ3v) is 5.48. The van der Waals surface area contributed by atoms with Crippen molar-refractivity contribution in [3.8, 4) is 5.75 Å². The van der Waals surface area contributed by atoms with Crippen molar-refractivity contribution in [1.29, 1.82) is 0 Å². The second-order valence-corrected chi connectivity index (χ2v) is 7.84. The number of aromatic nitrogens is 1. The van der Waals surface area contributed by atoms with Crippen molar-refractivity contribution in [2.75, 3.05) is 25.0 Å². The van der Waals surface area contributed by atoms with Crippen LogP contribution in [0.2, 0.25) is 5.15 Å². The molecule has 0 spiro atoms. The third-order valence-electron chi connectivity index (χ3n) is 5.18. The predicted octanol–water partition coefficient (Wildman–Crippen LogP) is 5.50. The molecule has 0 unspecified atom stereocenters. The minimum atomic E-state index is -5.81. The van der Waals surface area contributed by atoms with E-state index in [-0.39, 0.29) is 29.1 Å². The number of benzene rings is 1. The average Bonchev–Trinajstić information content (AvgIpc) is 3.26. The van der Waals surface area contributed by atoms with Gasteiger partial charge < -0.3 is 10.1 Å². The van der Waals surface area contributed by atoms with E-state index >= 15 is 0 Å². The molecule has 1 atom stereocenters. The molecule has 1 N–H and O–H groups in total. The molecule has 2 heterocycles. The largest absolute Gasteiger partial charge is 0.491 e. The molecule has 0 bridgehead atoms. The molecule has 1 aromatic carbocycles. The van der Waals surface area contributed by atoms with Crippen molar-refractivity contribution in [2.24, 2.45) is 0 Å². The number of nitrogens with one attached hydrogen (secondary N) is 1. The first kappa shape index (κ1) is 24.2. The Morgan fingerprint density at radius 3 is 2.53 bits per heavy atom. The standard InChI is InChI=1S/C21H21ClF5N3O2/c1-13(30-9-2-3-10-30)12-32-17-11-14(6-7-16(17)20(23,24)21(25,26)27)29-19(31)15-5-4-8-28-18(15)22/h4-8,11,13H,2-3,9-10,12H2,1H3,(H,29,31)/t13-/m1/s1. The second kappa shape index (κ2) is 9.58. The summed E-state index contributed by atoms with van der Waals surface area (Å²) in [7, 11) is 0. The van der Waals surface area contributed by atoms with Gasteiger partial charge in [-0.25, -0.2) is 4.98 Å². The summed E-state index contributed by atoms with van der Waals surface area (Å²) in [6.07, 6.45) is -2.46. The highest BCUT2D eigenvalue weighted by atomic mass is 35.5. The highest BCUT2D eigenvalue weighted by Gasteiger charge is 2.60. The molecule has 174 valence electrons. The van der Waals surface area contributed by atoms with Gasteiger partial charge in [0.15, 0.2) is 0 Å². The zero-order chi connectivity index (χ0) is 23.5. The number of carbonyl (C=O) groups excluding carboxylic acids is 1. The number of rotatable bonds is 7. The first-order chi connectivity index (χ1) is 15.0. The van der Waals surface area contributed by atoms with Gasteiger partial charge >= 0.3 is 12.1 Å². The molecule has 0 aliphatic carbocycles. The van der Waals surface area contributed by atoms with Gasteiger partial charge in [-0.3, -0.25) is 9.69 Å². The molecule has 1 amide bonds. The van der Waals surface area contributed by atoms with Gasteiger partial charge in [0.2, 0.25) is 0 Å². The minimum Gasteiger partial charge on any atom is -0.491 e. The van der Waals surface area contributed by atoms with E-state index in [1.54, 1.807) is 0 Å². The highest BCUT2D eigenvalue weighted by molar-refractivity contribution is 6.33. The number of ether oxygens (including phenoxy) is 1. The van der Waals surface area contributed by atoms with Gasteiger partial charge in [-0.1, -0.05) is 11.6 Å². The topological polar surface area (TPSA) is 54.5 Å². The van der Waals surface area contributed by atoms with Gasteiger partial charge in [0.25, 0.3) is 5.91 Å². The number of likely N-dealkylation sites (tertiary alicyclic amines) is 1. The Balaban J connectivity index is 1.87. The Morgan fingerprint density at radius 1 is 1.22 bits per heavy atom. The maximum absolute atomic E-state index is 14.1. The Labute approximate surface area is 186 Å². The van der Waals surface area contributed by atoms with Crippen LogP contribution in [0.4, 0.5) is 27.6 Å². The molecule has 1 aromatic heterocycles. The summed E-state index contributed by atoms with van der Waals surface area (Å²) in [6, 6.07) is 5.19. The van der Waals surface area contributed by atoms with Crippen molar-refractivity contribution in [1.82, 2.24) is 9.88 Å². The monoisotopic (exact) mass is 477 g/mol. The zero-order valence-corrected chi connectivity index (χ0v) is 17.8. The molecular formula is C21H21ClF5N3O2. The Morgan fingerprint density at radius 2 is 1.91 bits per heavy atom.